The van der Waals surface area contributed by atoms with E-state index in [4.69, 9.17) is 0 Å². The largest absolute Gasteiger partial charge is 0.198 e. The highest BCUT2D eigenvalue weighted by atomic mass is 14.5. The molecule has 2 fully saturated rings. The van der Waals surface area contributed by atoms with Crippen LogP contribution in [0.5, 0.6) is 0 Å². The lowest BCUT2D eigenvalue weighted by atomic mass is 9.54. The first kappa shape index (κ1) is 13.9. The van der Waals surface area contributed by atoms with Crippen LogP contribution in [0.2, 0.25) is 0 Å². The Morgan fingerprint density at radius 1 is 1.17 bits per heavy atom. The van der Waals surface area contributed by atoms with E-state index < -0.39 is 0 Å². The lowest BCUT2D eigenvalue weighted by molar-refractivity contribution is 0.0229. The Bertz CT molecular complexity index is 299. The molecule has 0 aromatic carbocycles. The molecule has 2 aliphatic rings. The highest BCUT2D eigenvalue weighted by Crippen LogP contribution is 2.54. The van der Waals surface area contributed by atoms with Crippen LogP contribution in [-0.4, -0.2) is 0 Å². The molecule has 18 heavy (non-hydrogen) atoms. The summed E-state index contributed by atoms with van der Waals surface area (Å²) >= 11 is 0. The first-order valence-electron chi connectivity index (χ1n) is 8.17. The molecule has 4 atom stereocenters. The number of rotatable bonds is 4. The molecular weight excluding hydrogens is 218 g/mol. The Kier molecular flexibility index (Phi) is 4.71. The molecule has 1 nitrogen and oxygen atoms in total. The SMILES string of the molecule is CCC[C@@H]1CC[C@@H]2CCCC(C#N)(CCC)[C@@H]2C1. The second-order valence-electron chi connectivity index (χ2n) is 6.74. The van der Waals surface area contributed by atoms with Crippen molar-refractivity contribution < 1.29 is 0 Å². The van der Waals surface area contributed by atoms with E-state index >= 15 is 0 Å². The average Bonchev–Trinajstić information content (AvgIpc) is 2.40. The zero-order valence-electron chi connectivity index (χ0n) is 12.3. The van der Waals surface area contributed by atoms with E-state index in [0.717, 1.165) is 24.2 Å². The van der Waals surface area contributed by atoms with Gasteiger partial charge in [-0.05, 0) is 43.4 Å². The van der Waals surface area contributed by atoms with E-state index in [1.165, 1.54) is 57.8 Å². The summed E-state index contributed by atoms with van der Waals surface area (Å²) in [6.07, 6.45) is 13.1. The summed E-state index contributed by atoms with van der Waals surface area (Å²) in [5.74, 6) is 2.51. The van der Waals surface area contributed by atoms with Gasteiger partial charge in [0.25, 0.3) is 0 Å². The zero-order valence-corrected chi connectivity index (χ0v) is 12.3. The van der Waals surface area contributed by atoms with E-state index in [9.17, 15) is 5.26 Å². The Balaban J connectivity index is 2.13. The van der Waals surface area contributed by atoms with Gasteiger partial charge < -0.3 is 0 Å². The van der Waals surface area contributed by atoms with Gasteiger partial charge >= 0.3 is 0 Å². The smallest absolute Gasteiger partial charge is 0.0692 e. The van der Waals surface area contributed by atoms with Gasteiger partial charge in [-0.25, -0.2) is 0 Å². The molecule has 0 saturated heterocycles. The maximum absolute atomic E-state index is 9.78. The van der Waals surface area contributed by atoms with Crippen LogP contribution in [0.3, 0.4) is 0 Å². The molecule has 0 N–H and O–H groups in total. The summed E-state index contributed by atoms with van der Waals surface area (Å²) in [5, 5.41) is 9.78. The molecule has 0 heterocycles. The van der Waals surface area contributed by atoms with Gasteiger partial charge in [0.1, 0.15) is 0 Å². The van der Waals surface area contributed by atoms with Crippen LogP contribution in [0.1, 0.15) is 78.1 Å². The van der Waals surface area contributed by atoms with E-state index in [1.807, 2.05) is 0 Å². The Hall–Kier alpha value is -0.510. The van der Waals surface area contributed by atoms with Gasteiger partial charge in [-0.15, -0.1) is 0 Å². The highest BCUT2D eigenvalue weighted by molar-refractivity contribution is 5.08. The average molecular weight is 247 g/mol. The molecule has 0 amide bonds. The van der Waals surface area contributed by atoms with Gasteiger partial charge in [-0.1, -0.05) is 52.4 Å². The first-order valence-corrected chi connectivity index (χ1v) is 8.17. The molecule has 102 valence electrons. The summed E-state index contributed by atoms with van der Waals surface area (Å²) in [6.45, 7) is 4.55. The van der Waals surface area contributed by atoms with Crippen molar-refractivity contribution in [1.29, 1.82) is 5.26 Å². The molecular formula is C17H29N. The summed E-state index contributed by atoms with van der Waals surface area (Å²) in [7, 11) is 0. The molecule has 0 aromatic heterocycles. The second kappa shape index (κ2) is 6.09. The van der Waals surface area contributed by atoms with Gasteiger partial charge in [0.2, 0.25) is 0 Å². The minimum atomic E-state index is 0.0457. The van der Waals surface area contributed by atoms with Crippen LogP contribution in [0.4, 0.5) is 0 Å². The molecule has 0 radical (unpaired) electrons. The standard InChI is InChI=1S/C17H29N/c1-3-6-14-8-9-15-7-5-11-17(13-18,10-4-2)16(15)12-14/h14-16H,3-12H2,1-2H3/t14-,15+,16-,17?/m1/s1. The van der Waals surface area contributed by atoms with Crippen LogP contribution in [0.25, 0.3) is 0 Å². The number of hydrogen-bond acceptors (Lipinski definition) is 1. The fourth-order valence-electron chi connectivity index (χ4n) is 4.83. The molecule has 0 aromatic rings. The zero-order chi connectivity index (χ0) is 13.0. The van der Waals surface area contributed by atoms with Gasteiger partial charge in [0.15, 0.2) is 0 Å². The lowest BCUT2D eigenvalue weighted by Gasteiger charge is -2.48. The van der Waals surface area contributed by atoms with Crippen LogP contribution in [-0.2, 0) is 0 Å². The summed E-state index contributed by atoms with van der Waals surface area (Å²) in [5.41, 5.74) is 0.0457. The van der Waals surface area contributed by atoms with Crippen LogP contribution < -0.4 is 0 Å². The first-order chi connectivity index (χ1) is 8.75. The molecule has 0 aliphatic heterocycles. The van der Waals surface area contributed by atoms with Crippen molar-refractivity contribution in [2.45, 2.75) is 78.1 Å². The van der Waals surface area contributed by atoms with E-state index in [2.05, 4.69) is 19.9 Å². The second-order valence-corrected chi connectivity index (χ2v) is 6.74. The van der Waals surface area contributed by atoms with Crippen molar-refractivity contribution in [2.24, 2.45) is 23.2 Å². The molecule has 0 spiro atoms. The van der Waals surface area contributed by atoms with Gasteiger partial charge in [0.05, 0.1) is 11.5 Å². The predicted octanol–water partition coefficient (Wildman–Crippen LogP) is 5.31. The van der Waals surface area contributed by atoms with Crippen LogP contribution in [0, 0.1) is 34.5 Å². The molecule has 2 saturated carbocycles. The fraction of sp³-hybridized carbons (Fsp3) is 0.941. The summed E-state index contributed by atoms with van der Waals surface area (Å²) < 4.78 is 0. The van der Waals surface area contributed by atoms with Crippen molar-refractivity contribution in [3.05, 3.63) is 0 Å². The van der Waals surface area contributed by atoms with Crippen molar-refractivity contribution in [3.8, 4) is 6.07 Å². The lowest BCUT2D eigenvalue weighted by Crippen LogP contribution is -2.42. The number of hydrogen-bond donors (Lipinski definition) is 0. The minimum absolute atomic E-state index is 0.0457. The monoisotopic (exact) mass is 247 g/mol. The summed E-state index contributed by atoms with van der Waals surface area (Å²) in [4.78, 5) is 0. The Morgan fingerprint density at radius 2 is 2.00 bits per heavy atom. The quantitative estimate of drug-likeness (QED) is 0.660. The Morgan fingerprint density at radius 3 is 2.67 bits per heavy atom. The molecule has 2 rings (SSSR count). The maximum Gasteiger partial charge on any atom is 0.0692 e. The molecule has 1 heteroatoms. The predicted molar refractivity (Wildman–Crippen MR) is 76.0 cm³/mol. The van der Waals surface area contributed by atoms with Crippen LogP contribution >= 0.6 is 0 Å². The third kappa shape index (κ3) is 2.58. The number of fused-ring (bicyclic) bond motifs is 1. The van der Waals surface area contributed by atoms with E-state index in [-0.39, 0.29) is 5.41 Å². The molecule has 1 unspecified atom stereocenters. The van der Waals surface area contributed by atoms with Gasteiger partial charge in [0, 0.05) is 0 Å². The van der Waals surface area contributed by atoms with Crippen molar-refractivity contribution in [3.63, 3.8) is 0 Å². The number of nitriles is 1. The fourth-order valence-corrected chi connectivity index (χ4v) is 4.83. The summed E-state index contributed by atoms with van der Waals surface area (Å²) in [6, 6.07) is 2.78. The third-order valence-corrected chi connectivity index (χ3v) is 5.63. The van der Waals surface area contributed by atoms with Crippen molar-refractivity contribution in [2.75, 3.05) is 0 Å². The highest BCUT2D eigenvalue weighted by Gasteiger charge is 2.47. The van der Waals surface area contributed by atoms with Gasteiger partial charge in [-0.3, -0.25) is 0 Å². The topological polar surface area (TPSA) is 23.8 Å². The maximum atomic E-state index is 9.78. The van der Waals surface area contributed by atoms with Crippen molar-refractivity contribution in [1.82, 2.24) is 0 Å². The van der Waals surface area contributed by atoms with E-state index in [0.29, 0.717) is 0 Å². The van der Waals surface area contributed by atoms with Crippen LogP contribution in [0.15, 0.2) is 0 Å². The molecule has 2 aliphatic carbocycles. The molecule has 0 bridgehead atoms. The van der Waals surface area contributed by atoms with Crippen molar-refractivity contribution >= 4 is 0 Å². The van der Waals surface area contributed by atoms with E-state index in [1.54, 1.807) is 0 Å². The third-order valence-electron chi connectivity index (χ3n) is 5.63. The minimum Gasteiger partial charge on any atom is -0.198 e. The Labute approximate surface area is 113 Å². The van der Waals surface area contributed by atoms with Gasteiger partial charge in [-0.2, -0.15) is 5.26 Å². The normalized spacial score (nSPS) is 39.9. The number of nitrogens with zero attached hydrogens (tertiary/aromatic N) is 1.